The molecule has 7 nitrogen and oxygen atoms in total. The number of carbonyl (C=O) groups is 3. The van der Waals surface area contributed by atoms with Crippen LogP contribution < -0.4 is 14.8 Å². The Labute approximate surface area is 238 Å². The van der Waals surface area contributed by atoms with E-state index in [0.29, 0.717) is 32.2 Å². The van der Waals surface area contributed by atoms with Crippen molar-refractivity contribution in [3.8, 4) is 11.5 Å². The van der Waals surface area contributed by atoms with E-state index in [0.717, 1.165) is 33.4 Å². The molecule has 0 bridgehead atoms. The second-order valence-corrected chi connectivity index (χ2v) is 10.8. The highest BCUT2D eigenvalue weighted by molar-refractivity contribution is 9.10. The molecule has 10 heteroatoms. The molecule has 0 unspecified atom stereocenters. The van der Waals surface area contributed by atoms with Crippen molar-refractivity contribution in [1.29, 1.82) is 0 Å². The molecule has 0 aromatic heterocycles. The highest BCUT2D eigenvalue weighted by Gasteiger charge is 2.36. The monoisotopic (exact) mass is 614 g/mol. The first kappa shape index (κ1) is 27.8. The quantitative estimate of drug-likeness (QED) is 0.275. The minimum absolute atomic E-state index is 0.196. The number of ether oxygens (including phenoxy) is 2. The lowest BCUT2D eigenvalue weighted by molar-refractivity contribution is -0.127. The predicted octanol–water partition coefficient (Wildman–Crippen LogP) is 6.98. The molecule has 1 saturated heterocycles. The zero-order valence-corrected chi connectivity index (χ0v) is 24.0. The van der Waals surface area contributed by atoms with Crippen LogP contribution >= 0.6 is 39.3 Å². The van der Waals surface area contributed by atoms with Crippen LogP contribution in [0.2, 0.25) is 5.02 Å². The molecule has 3 aromatic rings. The van der Waals surface area contributed by atoms with Gasteiger partial charge in [-0.1, -0.05) is 51.8 Å². The zero-order chi connectivity index (χ0) is 27.4. The van der Waals surface area contributed by atoms with Gasteiger partial charge in [0.15, 0.2) is 11.5 Å². The molecule has 0 atom stereocenters. The Morgan fingerprint density at radius 3 is 2.55 bits per heavy atom. The third-order valence-corrected chi connectivity index (χ3v) is 7.84. The highest BCUT2D eigenvalue weighted by Crippen LogP contribution is 2.38. The number of carbonyl (C=O) groups excluding carboxylic acids is 3. The van der Waals surface area contributed by atoms with E-state index < -0.39 is 17.1 Å². The predicted molar refractivity (Wildman–Crippen MR) is 154 cm³/mol. The third-order valence-electron chi connectivity index (χ3n) is 5.88. The van der Waals surface area contributed by atoms with Crippen molar-refractivity contribution < 1.29 is 23.9 Å². The molecule has 1 fully saturated rings. The molecule has 4 rings (SSSR count). The molecule has 3 aromatic carbocycles. The summed E-state index contributed by atoms with van der Waals surface area (Å²) in [5.74, 6) is -0.0779. The van der Waals surface area contributed by atoms with Gasteiger partial charge < -0.3 is 14.8 Å². The van der Waals surface area contributed by atoms with E-state index in [1.54, 1.807) is 30.3 Å². The van der Waals surface area contributed by atoms with Crippen LogP contribution in [0.15, 0.2) is 64.0 Å². The van der Waals surface area contributed by atoms with E-state index >= 15 is 0 Å². The van der Waals surface area contributed by atoms with Crippen LogP contribution in [0.3, 0.4) is 0 Å². The molecule has 1 heterocycles. The standard InChI is InChI=1S/C28H24BrClN2O5S/c1-16-8-9-20(10-17(16)2)31-26(33)14-32-27(34)25(38-28(32)35)12-19-11-23(36-3)24(13-21(19)29)37-15-18-6-4-5-7-22(18)30/h4-13H,14-15H2,1-3H3,(H,31,33)/b25-12+. The van der Waals surface area contributed by atoms with Crippen molar-refractivity contribution in [2.45, 2.75) is 20.5 Å². The second kappa shape index (κ2) is 12.1. The van der Waals surface area contributed by atoms with E-state index in [1.807, 2.05) is 44.2 Å². The molecule has 1 aliphatic rings. The van der Waals surface area contributed by atoms with E-state index in [4.69, 9.17) is 21.1 Å². The van der Waals surface area contributed by atoms with Crippen LogP contribution in [0.1, 0.15) is 22.3 Å². The van der Waals surface area contributed by atoms with Gasteiger partial charge in [-0.2, -0.15) is 0 Å². The summed E-state index contributed by atoms with van der Waals surface area (Å²) in [4.78, 5) is 39.2. The van der Waals surface area contributed by atoms with E-state index in [-0.39, 0.29) is 18.1 Å². The summed E-state index contributed by atoms with van der Waals surface area (Å²) in [6.07, 6.45) is 1.58. The van der Waals surface area contributed by atoms with Crippen molar-refractivity contribution in [2.75, 3.05) is 19.0 Å². The van der Waals surface area contributed by atoms with Gasteiger partial charge in [0.25, 0.3) is 11.1 Å². The maximum absolute atomic E-state index is 13.0. The minimum Gasteiger partial charge on any atom is -0.493 e. The van der Waals surface area contributed by atoms with Gasteiger partial charge >= 0.3 is 0 Å². The molecule has 0 spiro atoms. The molecule has 38 heavy (non-hydrogen) atoms. The molecule has 1 N–H and O–H groups in total. The number of rotatable bonds is 8. The molecule has 0 aliphatic carbocycles. The fourth-order valence-electron chi connectivity index (χ4n) is 3.65. The maximum atomic E-state index is 13.0. The SMILES string of the molecule is COc1cc(/C=C2/SC(=O)N(CC(=O)Nc3ccc(C)c(C)c3)C2=O)c(Br)cc1OCc1ccccc1Cl. The lowest BCUT2D eigenvalue weighted by Crippen LogP contribution is -2.36. The van der Waals surface area contributed by atoms with Crippen LogP contribution in [0.4, 0.5) is 10.5 Å². The Bertz CT molecular complexity index is 1460. The van der Waals surface area contributed by atoms with Crippen molar-refractivity contribution in [1.82, 2.24) is 4.90 Å². The molecule has 3 amide bonds. The third kappa shape index (κ3) is 6.40. The number of methoxy groups -OCH3 is 1. The topological polar surface area (TPSA) is 84.9 Å². The number of thioether (sulfide) groups is 1. The van der Waals surface area contributed by atoms with E-state index in [2.05, 4.69) is 21.2 Å². The van der Waals surface area contributed by atoms with E-state index in [1.165, 1.54) is 7.11 Å². The fraction of sp³-hybridized carbons (Fsp3) is 0.179. The number of hydrogen-bond acceptors (Lipinski definition) is 6. The first-order valence-corrected chi connectivity index (χ1v) is 13.5. The summed E-state index contributed by atoms with van der Waals surface area (Å²) < 4.78 is 12.0. The van der Waals surface area contributed by atoms with Crippen molar-refractivity contribution in [2.24, 2.45) is 0 Å². The van der Waals surface area contributed by atoms with Crippen LogP contribution in [0.5, 0.6) is 11.5 Å². The van der Waals surface area contributed by atoms with Gasteiger partial charge in [-0.05, 0) is 78.7 Å². The zero-order valence-electron chi connectivity index (χ0n) is 20.8. The number of nitrogens with one attached hydrogen (secondary N) is 1. The lowest BCUT2D eigenvalue weighted by Gasteiger charge is -2.14. The van der Waals surface area contributed by atoms with Gasteiger partial charge in [0.1, 0.15) is 13.2 Å². The number of imide groups is 1. The smallest absolute Gasteiger partial charge is 0.294 e. The van der Waals surface area contributed by atoms with Crippen LogP contribution in [0.25, 0.3) is 6.08 Å². The molecule has 0 saturated carbocycles. The average molecular weight is 616 g/mol. The summed E-state index contributed by atoms with van der Waals surface area (Å²) in [6.45, 7) is 3.78. The first-order valence-electron chi connectivity index (χ1n) is 11.5. The summed E-state index contributed by atoms with van der Waals surface area (Å²) in [6, 6.07) is 16.3. The van der Waals surface area contributed by atoms with Gasteiger partial charge in [0.05, 0.1) is 12.0 Å². The Morgan fingerprint density at radius 1 is 1.08 bits per heavy atom. The number of nitrogens with zero attached hydrogens (tertiary/aromatic N) is 1. The molecular formula is C28H24BrClN2O5S. The highest BCUT2D eigenvalue weighted by atomic mass is 79.9. The Morgan fingerprint density at radius 2 is 1.84 bits per heavy atom. The number of anilines is 1. The lowest BCUT2D eigenvalue weighted by atomic mass is 10.1. The Balaban J connectivity index is 1.47. The van der Waals surface area contributed by atoms with Gasteiger partial charge in [-0.15, -0.1) is 0 Å². The maximum Gasteiger partial charge on any atom is 0.294 e. The van der Waals surface area contributed by atoms with Gasteiger partial charge in [-0.25, -0.2) is 0 Å². The Kier molecular flexibility index (Phi) is 8.81. The Hall–Kier alpha value is -3.27. The summed E-state index contributed by atoms with van der Waals surface area (Å²) in [5.41, 5.74) is 4.16. The number of halogens is 2. The number of amides is 3. The largest absolute Gasteiger partial charge is 0.493 e. The fourth-order valence-corrected chi connectivity index (χ4v) is 5.10. The second-order valence-electron chi connectivity index (χ2n) is 8.52. The summed E-state index contributed by atoms with van der Waals surface area (Å²) >= 11 is 10.5. The minimum atomic E-state index is -0.542. The number of benzene rings is 3. The normalized spacial score (nSPS) is 14.2. The van der Waals surface area contributed by atoms with Crippen molar-refractivity contribution in [3.63, 3.8) is 0 Å². The molecule has 0 radical (unpaired) electrons. The number of aryl methyl sites for hydroxylation is 2. The van der Waals surface area contributed by atoms with Crippen LogP contribution in [-0.4, -0.2) is 35.6 Å². The van der Waals surface area contributed by atoms with Crippen molar-refractivity contribution >= 4 is 68.1 Å². The average Bonchev–Trinajstić information content (AvgIpc) is 3.14. The van der Waals surface area contributed by atoms with Crippen LogP contribution in [0, 0.1) is 13.8 Å². The molecule has 1 aliphatic heterocycles. The van der Waals surface area contributed by atoms with E-state index in [9.17, 15) is 14.4 Å². The molecular weight excluding hydrogens is 592 g/mol. The first-order chi connectivity index (χ1) is 18.2. The summed E-state index contributed by atoms with van der Waals surface area (Å²) in [7, 11) is 1.51. The van der Waals surface area contributed by atoms with Gasteiger partial charge in [0, 0.05) is 20.7 Å². The van der Waals surface area contributed by atoms with Crippen LogP contribution in [-0.2, 0) is 16.2 Å². The number of hydrogen-bond donors (Lipinski definition) is 1. The summed E-state index contributed by atoms with van der Waals surface area (Å²) in [5, 5.41) is 2.82. The van der Waals surface area contributed by atoms with Gasteiger partial charge in [0.2, 0.25) is 5.91 Å². The van der Waals surface area contributed by atoms with Crippen molar-refractivity contribution in [3.05, 3.63) is 91.3 Å². The molecule has 196 valence electrons. The van der Waals surface area contributed by atoms with Gasteiger partial charge in [-0.3, -0.25) is 19.3 Å².